The minimum atomic E-state index is -1.22. The van der Waals surface area contributed by atoms with Crippen LogP contribution in [-0.2, 0) is 10.8 Å². The number of aromatic carboxylic acids is 1. The number of aliphatic imine (C=N–C) groups is 1. The monoisotopic (exact) mass is 1080 g/mol. The van der Waals surface area contributed by atoms with Crippen molar-refractivity contribution >= 4 is 77.1 Å². The summed E-state index contributed by atoms with van der Waals surface area (Å²) >= 11 is 0. The van der Waals surface area contributed by atoms with E-state index < -0.39 is 5.97 Å². The van der Waals surface area contributed by atoms with Gasteiger partial charge in [0.15, 0.2) is 0 Å². The van der Waals surface area contributed by atoms with Crippen LogP contribution >= 0.6 is 0 Å². The highest BCUT2D eigenvalue weighted by Gasteiger charge is 2.32. The molecule has 0 amide bonds. The number of rotatable bonds is 15. The zero-order valence-corrected chi connectivity index (χ0v) is 49.3. The van der Waals surface area contributed by atoms with Gasteiger partial charge in [-0.25, -0.2) is 9.79 Å². The Kier molecular flexibility index (Phi) is 14.3. The molecule has 0 heterocycles. The molecule has 0 aromatic heterocycles. The van der Waals surface area contributed by atoms with Crippen LogP contribution in [0.25, 0.3) is 65.0 Å². The molecule has 81 heavy (non-hydrogen) atoms. The van der Waals surface area contributed by atoms with Crippen LogP contribution in [0.15, 0.2) is 151 Å². The van der Waals surface area contributed by atoms with Crippen molar-refractivity contribution < 1.29 is 29.4 Å². The Morgan fingerprint density at radius 3 is 1.46 bits per heavy atom. The summed E-state index contributed by atoms with van der Waals surface area (Å²) in [5.74, 6) is 0.253. The highest BCUT2D eigenvalue weighted by Crippen LogP contribution is 2.53. The molecule has 0 saturated carbocycles. The Morgan fingerprint density at radius 1 is 0.506 bits per heavy atom. The molecule has 10 rings (SSSR count). The van der Waals surface area contributed by atoms with Crippen LogP contribution in [0.2, 0.25) is 0 Å². The number of nitrogens with zero attached hydrogens (tertiary/aromatic N) is 2. The molecule has 0 atom stereocenters. The number of benzene rings is 10. The lowest BCUT2D eigenvalue weighted by molar-refractivity contribution is -0.383. The van der Waals surface area contributed by atoms with E-state index in [0.717, 1.165) is 73.2 Å². The first-order valence-electron chi connectivity index (χ1n) is 28.2. The third-order valence-electron chi connectivity index (χ3n) is 16.0. The Morgan fingerprint density at radius 2 is 0.951 bits per heavy atom. The van der Waals surface area contributed by atoms with Crippen LogP contribution in [0.4, 0.5) is 11.4 Å². The number of carboxylic acid groups (broad SMARTS) is 1. The standard InChI is InChI=1S/C72H74N2O7/c1-41(2)47-19-15-20-48(42(3)4)66(47)73-67(75)56-37-59(80-45-31-27-43(28-32-45)71(11,12)39-69(5,6)7)63-54-25-17-24-53-51(49-21-16-23-52-50(49)22-18-26-58(52)74(78)79)35-36-55(61(53)54)64-60(38-57(68(76)77)62(56)65(63)64)81-46-33-29-44(30-34-46)72(13,14)40-70(8,9)10/h15-38,41-42H,39-40H2,1-14H3,(H,73,75)(H,76,77). The SMILES string of the molecule is CC(C)c1cccc(C(C)C)c1N=C(O)c1cc(Oc2ccc(C(C)(C)CC(C)(C)C)cc2)c2c3cccc4c(-c5cccc6c([N+](=O)[O-])cccc56)ccc(c5c(Oc6ccc(C(C)(C)CC(C)(C)C)cc6)cc(C(=O)O)c1c52)c43. The zero-order chi connectivity index (χ0) is 58.2. The molecule has 0 aliphatic rings. The predicted octanol–water partition coefficient (Wildman–Crippen LogP) is 21.1. The van der Waals surface area contributed by atoms with Crippen molar-refractivity contribution in [3.63, 3.8) is 0 Å². The third kappa shape index (κ3) is 10.7. The van der Waals surface area contributed by atoms with Gasteiger partial charge >= 0.3 is 5.97 Å². The van der Waals surface area contributed by atoms with Gasteiger partial charge in [0.2, 0.25) is 5.90 Å². The van der Waals surface area contributed by atoms with Gasteiger partial charge in [-0.3, -0.25) is 10.1 Å². The van der Waals surface area contributed by atoms with Crippen LogP contribution in [0.1, 0.15) is 160 Å². The fourth-order valence-corrected chi connectivity index (χ4v) is 13.2. The Hall–Kier alpha value is -8.30. The molecule has 0 saturated heterocycles. The van der Waals surface area contributed by atoms with Crippen LogP contribution in [-0.4, -0.2) is 27.0 Å². The van der Waals surface area contributed by atoms with E-state index in [1.165, 1.54) is 6.07 Å². The summed E-state index contributed by atoms with van der Waals surface area (Å²) in [5.41, 5.74) is 6.48. The van der Waals surface area contributed by atoms with E-state index in [1.54, 1.807) is 24.3 Å². The average Bonchev–Trinajstić information content (AvgIpc) is 3.54. The van der Waals surface area contributed by atoms with Crippen LogP contribution in [0.5, 0.6) is 23.0 Å². The molecule has 0 spiro atoms. The molecule has 0 bridgehead atoms. The van der Waals surface area contributed by atoms with Crippen LogP contribution < -0.4 is 9.47 Å². The lowest BCUT2D eigenvalue weighted by Gasteiger charge is -2.33. The minimum Gasteiger partial charge on any atom is -0.493 e. The molecule has 0 aliphatic heterocycles. The summed E-state index contributed by atoms with van der Waals surface area (Å²) in [5, 5.41) is 43.4. The summed E-state index contributed by atoms with van der Waals surface area (Å²) in [6.45, 7) is 30.9. The number of carboxylic acids is 1. The molecular weight excluding hydrogens is 1000 g/mol. The topological polar surface area (TPSA) is 131 Å². The molecule has 10 aromatic carbocycles. The van der Waals surface area contributed by atoms with Gasteiger partial charge < -0.3 is 19.7 Å². The van der Waals surface area contributed by atoms with Gasteiger partial charge in [-0.05, 0) is 149 Å². The van der Waals surface area contributed by atoms with Crippen LogP contribution in [0.3, 0.4) is 0 Å². The summed E-state index contributed by atoms with van der Waals surface area (Å²) in [6, 6.07) is 46.5. The summed E-state index contributed by atoms with van der Waals surface area (Å²) < 4.78 is 14.3. The van der Waals surface area contributed by atoms with Crippen molar-refractivity contribution in [1.82, 2.24) is 0 Å². The van der Waals surface area contributed by atoms with Crippen molar-refractivity contribution in [3.05, 3.63) is 189 Å². The van der Waals surface area contributed by atoms with Gasteiger partial charge in [0.05, 0.1) is 21.6 Å². The van der Waals surface area contributed by atoms with Gasteiger partial charge in [-0.15, -0.1) is 0 Å². The Balaban J connectivity index is 1.34. The Labute approximate surface area is 475 Å². The minimum absolute atomic E-state index is 0.0165. The number of nitro groups is 1. The van der Waals surface area contributed by atoms with Crippen molar-refractivity contribution in [2.75, 3.05) is 0 Å². The number of aliphatic hydroxyl groups is 1. The molecule has 0 radical (unpaired) electrons. The van der Waals surface area contributed by atoms with Gasteiger partial charge in [-0.1, -0.05) is 194 Å². The van der Waals surface area contributed by atoms with Gasteiger partial charge in [0, 0.05) is 33.2 Å². The quantitative estimate of drug-likeness (QED) is 0.0261. The second-order valence-corrected chi connectivity index (χ2v) is 26.5. The number of non-ortho nitro benzene ring substituents is 1. The number of fused-ring (bicyclic) bond motifs is 3. The Bertz CT molecular complexity index is 4090. The number of aliphatic hydroxyl groups excluding tert-OH is 1. The second kappa shape index (κ2) is 20.7. The smallest absolute Gasteiger partial charge is 0.336 e. The van der Waals surface area contributed by atoms with E-state index in [4.69, 9.17) is 14.5 Å². The molecule has 10 aromatic rings. The summed E-state index contributed by atoms with van der Waals surface area (Å²) in [7, 11) is 0. The van der Waals surface area contributed by atoms with E-state index >= 15 is 0 Å². The van der Waals surface area contributed by atoms with Crippen molar-refractivity contribution in [2.45, 2.75) is 132 Å². The largest absolute Gasteiger partial charge is 0.493 e. The molecule has 0 fully saturated rings. The molecule has 9 heteroatoms. The second-order valence-electron chi connectivity index (χ2n) is 26.5. The fraction of sp³-hybridized carbons (Fsp3) is 0.306. The zero-order valence-electron chi connectivity index (χ0n) is 49.3. The van der Waals surface area contributed by atoms with E-state index in [1.807, 2.05) is 84.9 Å². The first-order valence-corrected chi connectivity index (χ1v) is 28.2. The third-order valence-corrected chi connectivity index (χ3v) is 16.0. The first kappa shape index (κ1) is 56.0. The molecular formula is C72H74N2O7. The maximum absolute atomic E-state index is 14.2. The van der Waals surface area contributed by atoms with E-state index in [2.05, 4.69) is 127 Å². The van der Waals surface area contributed by atoms with E-state index in [0.29, 0.717) is 50.2 Å². The number of hydrogen-bond acceptors (Lipinski definition) is 6. The molecule has 0 unspecified atom stereocenters. The van der Waals surface area contributed by atoms with Gasteiger partial charge in [0.25, 0.3) is 5.69 Å². The molecule has 2 N–H and O–H groups in total. The number of carbonyl (C=O) groups is 1. The van der Waals surface area contributed by atoms with Crippen LogP contribution in [0, 0.1) is 20.9 Å². The number of para-hydroxylation sites is 1. The highest BCUT2D eigenvalue weighted by molar-refractivity contribution is 6.39. The predicted molar refractivity (Wildman–Crippen MR) is 335 cm³/mol. The van der Waals surface area contributed by atoms with E-state index in [9.17, 15) is 25.1 Å². The van der Waals surface area contributed by atoms with Crippen molar-refractivity contribution in [1.29, 1.82) is 0 Å². The lowest BCUT2D eigenvalue weighted by atomic mass is 9.72. The van der Waals surface area contributed by atoms with Crippen molar-refractivity contribution in [3.8, 4) is 34.1 Å². The first-order chi connectivity index (χ1) is 38.1. The average molecular weight is 1080 g/mol. The maximum Gasteiger partial charge on any atom is 0.336 e. The van der Waals surface area contributed by atoms with Crippen molar-refractivity contribution in [2.24, 2.45) is 15.8 Å². The molecule has 9 nitrogen and oxygen atoms in total. The summed E-state index contributed by atoms with van der Waals surface area (Å²) in [4.78, 5) is 31.3. The molecule has 414 valence electrons. The normalized spacial score (nSPS) is 13.0. The summed E-state index contributed by atoms with van der Waals surface area (Å²) in [6.07, 6.45) is 1.90. The maximum atomic E-state index is 14.2. The van der Waals surface area contributed by atoms with Gasteiger partial charge in [0.1, 0.15) is 23.0 Å². The number of hydrogen-bond donors (Lipinski definition) is 2. The van der Waals surface area contributed by atoms with E-state index in [-0.39, 0.29) is 66.5 Å². The fourth-order valence-electron chi connectivity index (χ4n) is 13.2. The number of nitro benzene ring substituents is 1. The highest BCUT2D eigenvalue weighted by atomic mass is 16.6. The van der Waals surface area contributed by atoms with Gasteiger partial charge in [-0.2, -0.15) is 0 Å². The molecule has 0 aliphatic carbocycles. The number of ether oxygens (including phenoxy) is 2. The lowest BCUT2D eigenvalue weighted by Crippen LogP contribution is -2.24.